The van der Waals surface area contributed by atoms with Crippen molar-refractivity contribution < 1.29 is 14.3 Å². The van der Waals surface area contributed by atoms with Crippen molar-refractivity contribution in [3.8, 4) is 5.75 Å². The molecule has 112 valence electrons. The molecule has 21 heavy (non-hydrogen) atoms. The lowest BCUT2D eigenvalue weighted by molar-refractivity contribution is 0.0950. The van der Waals surface area contributed by atoms with Gasteiger partial charge in [0.1, 0.15) is 12.4 Å². The molecule has 0 bridgehead atoms. The average molecular weight is 287 g/mol. The van der Waals surface area contributed by atoms with Crippen molar-refractivity contribution in [1.29, 1.82) is 0 Å². The summed E-state index contributed by atoms with van der Waals surface area (Å²) in [5.74, 6) is 1.06. The minimum atomic E-state index is -0.158. The molecule has 0 spiro atoms. The van der Waals surface area contributed by atoms with Crippen molar-refractivity contribution in [3.05, 3.63) is 29.3 Å². The maximum absolute atomic E-state index is 12.4. The van der Waals surface area contributed by atoms with Gasteiger partial charge in [-0.1, -0.05) is 32.1 Å². The summed E-state index contributed by atoms with van der Waals surface area (Å²) in [4.78, 5) is 24.4. The van der Waals surface area contributed by atoms with Crippen LogP contribution in [0.3, 0.4) is 0 Å². The monoisotopic (exact) mass is 287 g/mol. The third kappa shape index (κ3) is 3.26. The lowest BCUT2D eigenvalue weighted by Crippen LogP contribution is -2.24. The Morgan fingerprint density at radius 1 is 1.24 bits per heavy atom. The number of hydrogen-bond acceptors (Lipinski definition) is 3. The smallest absolute Gasteiger partial charge is 0.255 e. The molecule has 0 unspecified atom stereocenters. The van der Waals surface area contributed by atoms with E-state index in [1.165, 1.54) is 19.3 Å². The first-order valence-corrected chi connectivity index (χ1v) is 7.82. The molecule has 1 amide bonds. The lowest BCUT2D eigenvalue weighted by atomic mass is 9.84. The second-order valence-electron chi connectivity index (χ2n) is 5.95. The number of rotatable bonds is 3. The second kappa shape index (κ2) is 6.29. The first-order valence-electron chi connectivity index (χ1n) is 7.82. The molecule has 0 radical (unpaired) electrons. The van der Waals surface area contributed by atoms with Gasteiger partial charge in [0.15, 0.2) is 5.78 Å². The number of carbonyl (C=O) groups is 2. The van der Waals surface area contributed by atoms with Gasteiger partial charge in [-0.3, -0.25) is 9.59 Å². The van der Waals surface area contributed by atoms with Crippen molar-refractivity contribution in [3.63, 3.8) is 0 Å². The highest BCUT2D eigenvalue weighted by atomic mass is 16.5. The zero-order valence-electron chi connectivity index (χ0n) is 12.2. The summed E-state index contributed by atoms with van der Waals surface area (Å²) in [6, 6.07) is 5.21. The topological polar surface area (TPSA) is 55.4 Å². The number of ether oxygens (including phenoxy) is 1. The number of nitrogens with one attached hydrogen (secondary N) is 1. The van der Waals surface area contributed by atoms with E-state index in [0.717, 1.165) is 12.8 Å². The molecule has 1 N–H and O–H groups in total. The molecule has 0 atom stereocenters. The fourth-order valence-corrected chi connectivity index (χ4v) is 3.20. The second-order valence-corrected chi connectivity index (χ2v) is 5.95. The van der Waals surface area contributed by atoms with Gasteiger partial charge in [0, 0.05) is 12.0 Å². The van der Waals surface area contributed by atoms with Gasteiger partial charge in [0.05, 0.1) is 12.1 Å². The number of ketones is 1. The highest BCUT2D eigenvalue weighted by Crippen LogP contribution is 2.28. The lowest BCUT2D eigenvalue weighted by Gasteiger charge is -2.20. The summed E-state index contributed by atoms with van der Waals surface area (Å²) >= 11 is 0. The van der Waals surface area contributed by atoms with E-state index in [1.807, 2.05) is 0 Å². The predicted molar refractivity (Wildman–Crippen MR) is 79.8 cm³/mol. The van der Waals surface area contributed by atoms with Crippen LogP contribution in [0.4, 0.5) is 0 Å². The fraction of sp³-hybridized carbons (Fsp3) is 0.529. The maximum atomic E-state index is 12.4. The van der Waals surface area contributed by atoms with E-state index >= 15 is 0 Å². The van der Waals surface area contributed by atoms with Crippen LogP contribution in [-0.4, -0.2) is 24.8 Å². The van der Waals surface area contributed by atoms with Crippen molar-refractivity contribution in [2.45, 2.75) is 38.5 Å². The Labute approximate surface area is 124 Å². The van der Waals surface area contributed by atoms with Crippen molar-refractivity contribution >= 4 is 11.7 Å². The molecule has 1 aliphatic carbocycles. The third-order valence-corrected chi connectivity index (χ3v) is 4.39. The van der Waals surface area contributed by atoms with E-state index in [-0.39, 0.29) is 11.7 Å². The zero-order valence-corrected chi connectivity index (χ0v) is 12.2. The number of carbonyl (C=O) groups excluding carboxylic acids is 2. The molecule has 2 aliphatic rings. The quantitative estimate of drug-likeness (QED) is 0.870. The van der Waals surface area contributed by atoms with Crippen LogP contribution in [-0.2, 0) is 0 Å². The summed E-state index contributed by atoms with van der Waals surface area (Å²) in [5, 5.41) is 2.77. The molecule has 0 saturated heterocycles. The van der Waals surface area contributed by atoms with Gasteiger partial charge < -0.3 is 10.1 Å². The standard InChI is InChI=1S/C17H21NO3/c19-15(10-12-4-2-1-3-5-12)13-6-7-16-14(11-13)17(20)18-8-9-21-16/h6-7,11-12H,1-5,8-10H2,(H,18,20). The minimum absolute atomic E-state index is 0.141. The molecule has 1 aromatic carbocycles. The van der Waals surface area contributed by atoms with Crippen LogP contribution in [0.2, 0.25) is 0 Å². The maximum Gasteiger partial charge on any atom is 0.255 e. The van der Waals surface area contributed by atoms with Gasteiger partial charge >= 0.3 is 0 Å². The normalized spacial score (nSPS) is 19.1. The predicted octanol–water partition coefficient (Wildman–Crippen LogP) is 2.96. The molecular weight excluding hydrogens is 266 g/mol. The molecular formula is C17H21NO3. The van der Waals surface area contributed by atoms with E-state index < -0.39 is 0 Å². The van der Waals surface area contributed by atoms with Crippen molar-refractivity contribution in [2.24, 2.45) is 5.92 Å². The SMILES string of the molecule is O=C(CC1CCCCC1)c1ccc2c(c1)C(=O)NCCO2. The van der Waals surface area contributed by atoms with Crippen LogP contribution in [0.1, 0.15) is 59.2 Å². The Morgan fingerprint density at radius 2 is 2.05 bits per heavy atom. The van der Waals surface area contributed by atoms with Gasteiger partial charge in [0.25, 0.3) is 5.91 Å². The van der Waals surface area contributed by atoms with Gasteiger partial charge in [-0.25, -0.2) is 0 Å². The average Bonchev–Trinajstić information content (AvgIpc) is 2.70. The Morgan fingerprint density at radius 3 is 2.86 bits per heavy atom. The molecule has 1 aliphatic heterocycles. The summed E-state index contributed by atoms with van der Waals surface area (Å²) < 4.78 is 5.51. The van der Waals surface area contributed by atoms with Gasteiger partial charge in [-0.05, 0) is 24.1 Å². The molecule has 0 aromatic heterocycles. The van der Waals surface area contributed by atoms with E-state index in [4.69, 9.17) is 4.74 Å². The Balaban J connectivity index is 1.76. The first-order chi connectivity index (χ1) is 10.2. The summed E-state index contributed by atoms with van der Waals surface area (Å²) in [6.45, 7) is 0.965. The number of amides is 1. The van der Waals surface area contributed by atoms with E-state index in [2.05, 4.69) is 5.32 Å². The summed E-state index contributed by atoms with van der Waals surface area (Å²) in [5.41, 5.74) is 1.10. The number of fused-ring (bicyclic) bond motifs is 1. The number of Topliss-reactive ketones (excluding diaryl/α,β-unsaturated/α-hetero) is 1. The van der Waals surface area contributed by atoms with Crippen LogP contribution in [0.25, 0.3) is 0 Å². The third-order valence-electron chi connectivity index (χ3n) is 4.39. The van der Waals surface area contributed by atoms with E-state index in [9.17, 15) is 9.59 Å². The van der Waals surface area contributed by atoms with Crippen molar-refractivity contribution in [1.82, 2.24) is 5.32 Å². The summed E-state index contributed by atoms with van der Waals surface area (Å²) in [7, 11) is 0. The summed E-state index contributed by atoms with van der Waals surface area (Å²) in [6.07, 6.45) is 6.67. The minimum Gasteiger partial charge on any atom is -0.491 e. The molecule has 4 heteroatoms. The number of benzene rings is 1. The molecule has 1 heterocycles. The van der Waals surface area contributed by atoms with Gasteiger partial charge in [-0.15, -0.1) is 0 Å². The van der Waals surface area contributed by atoms with Crippen LogP contribution in [0.15, 0.2) is 18.2 Å². The number of hydrogen-bond donors (Lipinski definition) is 1. The Kier molecular flexibility index (Phi) is 4.23. The van der Waals surface area contributed by atoms with Crippen LogP contribution < -0.4 is 10.1 Å². The molecule has 1 aromatic rings. The fourth-order valence-electron chi connectivity index (χ4n) is 3.20. The van der Waals surface area contributed by atoms with Gasteiger partial charge in [0.2, 0.25) is 0 Å². The Hall–Kier alpha value is -1.84. The molecule has 1 fully saturated rings. The van der Waals surface area contributed by atoms with Crippen molar-refractivity contribution in [2.75, 3.05) is 13.2 Å². The van der Waals surface area contributed by atoms with Crippen LogP contribution in [0.5, 0.6) is 5.75 Å². The highest BCUT2D eigenvalue weighted by molar-refractivity contribution is 6.02. The molecule has 1 saturated carbocycles. The van der Waals surface area contributed by atoms with E-state index in [0.29, 0.717) is 42.4 Å². The zero-order chi connectivity index (χ0) is 14.7. The van der Waals surface area contributed by atoms with E-state index in [1.54, 1.807) is 18.2 Å². The largest absolute Gasteiger partial charge is 0.491 e. The highest BCUT2D eigenvalue weighted by Gasteiger charge is 2.21. The molecule has 3 rings (SSSR count). The first kappa shape index (κ1) is 14.1. The van der Waals surface area contributed by atoms with Gasteiger partial charge in [-0.2, -0.15) is 0 Å². The molecule has 4 nitrogen and oxygen atoms in total. The van der Waals surface area contributed by atoms with Crippen LogP contribution >= 0.6 is 0 Å². The Bertz CT molecular complexity index is 547. The van der Waals surface area contributed by atoms with Crippen LogP contribution in [0, 0.1) is 5.92 Å².